The van der Waals surface area contributed by atoms with Crippen LogP contribution in [0.15, 0.2) is 29.4 Å². The van der Waals surface area contributed by atoms with Crippen molar-refractivity contribution in [3.05, 3.63) is 24.3 Å². The van der Waals surface area contributed by atoms with Crippen molar-refractivity contribution in [2.75, 3.05) is 12.1 Å². The molecule has 1 aromatic rings. The van der Waals surface area contributed by atoms with Gasteiger partial charge in [0.2, 0.25) is 0 Å². The van der Waals surface area contributed by atoms with E-state index < -0.39 is 0 Å². The average Bonchev–Trinajstić information content (AvgIpc) is 2.64. The van der Waals surface area contributed by atoms with Crippen LogP contribution in [0.4, 0.5) is 5.69 Å². The zero-order chi connectivity index (χ0) is 12.4. The van der Waals surface area contributed by atoms with Crippen molar-refractivity contribution in [3.8, 4) is 5.75 Å². The third-order valence-electron chi connectivity index (χ3n) is 2.98. The fourth-order valence-electron chi connectivity index (χ4n) is 2.00. The Balaban J connectivity index is 2.32. The Morgan fingerprint density at radius 2 is 2.24 bits per heavy atom. The fraction of sp³-hybridized carbons (Fsp3) is 0.385. The van der Waals surface area contributed by atoms with Gasteiger partial charge in [-0.05, 0) is 25.5 Å². The topological polar surface area (TPSA) is 41.9 Å². The van der Waals surface area contributed by atoms with Gasteiger partial charge in [-0.25, -0.2) is 5.01 Å². The summed E-state index contributed by atoms with van der Waals surface area (Å²) in [5.41, 5.74) is 1.63. The van der Waals surface area contributed by atoms with Crippen LogP contribution < -0.4 is 9.75 Å². The van der Waals surface area contributed by atoms with Crippen molar-refractivity contribution in [1.82, 2.24) is 0 Å². The molecule has 0 bridgehead atoms. The van der Waals surface area contributed by atoms with Gasteiger partial charge in [-0.3, -0.25) is 4.79 Å². The van der Waals surface area contributed by atoms with E-state index in [9.17, 15) is 4.79 Å². The Kier molecular flexibility index (Phi) is 3.13. The largest absolute Gasteiger partial charge is 0.497 e. The lowest BCUT2D eigenvalue weighted by Crippen LogP contribution is -2.26. The smallest absolute Gasteiger partial charge is 0.256 e. The first-order chi connectivity index (χ1) is 8.17. The Hall–Kier alpha value is -1.84. The molecule has 0 N–H and O–H groups in total. The van der Waals surface area contributed by atoms with Crippen molar-refractivity contribution in [1.29, 1.82) is 0 Å². The van der Waals surface area contributed by atoms with E-state index in [1.165, 1.54) is 5.01 Å². The molecule has 4 nitrogen and oxygen atoms in total. The lowest BCUT2D eigenvalue weighted by atomic mass is 10.0. The molecule has 0 spiro atoms. The second-order valence-corrected chi connectivity index (χ2v) is 4.05. The molecule has 1 heterocycles. The van der Waals surface area contributed by atoms with Gasteiger partial charge >= 0.3 is 0 Å². The minimum Gasteiger partial charge on any atom is -0.497 e. The molecule has 1 aliphatic rings. The Labute approximate surface area is 101 Å². The Bertz CT molecular complexity index is 468. The molecule has 1 aliphatic heterocycles. The fourth-order valence-corrected chi connectivity index (χ4v) is 2.00. The van der Waals surface area contributed by atoms with E-state index in [-0.39, 0.29) is 11.8 Å². The summed E-state index contributed by atoms with van der Waals surface area (Å²) in [5.74, 6) is 0.683. The number of hydrogen-bond acceptors (Lipinski definition) is 3. The molecule has 2 rings (SSSR count). The number of rotatable bonds is 3. The molecule has 0 saturated heterocycles. The summed E-state index contributed by atoms with van der Waals surface area (Å²) in [4.78, 5) is 12.1. The molecule has 4 heteroatoms. The molecule has 0 fully saturated rings. The average molecular weight is 232 g/mol. The van der Waals surface area contributed by atoms with Crippen LogP contribution >= 0.6 is 0 Å². The summed E-state index contributed by atoms with van der Waals surface area (Å²) >= 11 is 0. The van der Waals surface area contributed by atoms with Crippen LogP contribution in [0.5, 0.6) is 5.75 Å². The molecule has 0 saturated carbocycles. The van der Waals surface area contributed by atoms with E-state index in [1.54, 1.807) is 7.11 Å². The Morgan fingerprint density at radius 3 is 2.82 bits per heavy atom. The van der Waals surface area contributed by atoms with Gasteiger partial charge in [0, 0.05) is 11.8 Å². The highest BCUT2D eigenvalue weighted by Crippen LogP contribution is 2.27. The molecule has 0 radical (unpaired) electrons. The minimum absolute atomic E-state index is 0.0400. The highest BCUT2D eigenvalue weighted by molar-refractivity contribution is 6.14. The van der Waals surface area contributed by atoms with E-state index in [0.717, 1.165) is 23.6 Å². The van der Waals surface area contributed by atoms with Gasteiger partial charge < -0.3 is 4.74 Å². The number of anilines is 1. The predicted molar refractivity (Wildman–Crippen MR) is 67.4 cm³/mol. The zero-order valence-corrected chi connectivity index (χ0v) is 10.3. The summed E-state index contributed by atoms with van der Waals surface area (Å²) in [5, 5.41) is 5.78. The number of hydrogen-bond donors (Lipinski definition) is 0. The normalized spacial score (nSPS) is 19.5. The number of benzene rings is 1. The summed E-state index contributed by atoms with van der Waals surface area (Å²) in [6.07, 6.45) is 0.786. The number of ether oxygens (including phenoxy) is 1. The summed E-state index contributed by atoms with van der Waals surface area (Å²) in [6.45, 7) is 3.89. The van der Waals surface area contributed by atoms with Gasteiger partial charge in [0.1, 0.15) is 5.75 Å². The van der Waals surface area contributed by atoms with Crippen LogP contribution in [0.3, 0.4) is 0 Å². The van der Waals surface area contributed by atoms with Gasteiger partial charge in [-0.15, -0.1) is 0 Å². The van der Waals surface area contributed by atoms with Gasteiger partial charge in [0.25, 0.3) is 5.91 Å². The molecular formula is C13H16N2O2. The standard InChI is InChI=1S/C13H16N2O2/c1-4-12-9(2)14-15(13(12)16)10-6-5-7-11(8-10)17-3/h5-8,12H,4H2,1-3H3. The molecule has 90 valence electrons. The van der Waals surface area contributed by atoms with Gasteiger partial charge in [0.15, 0.2) is 0 Å². The van der Waals surface area contributed by atoms with Crippen molar-refractivity contribution in [2.45, 2.75) is 20.3 Å². The quantitative estimate of drug-likeness (QED) is 0.803. The number of carbonyl (C=O) groups is 1. The number of nitrogens with zero attached hydrogens (tertiary/aromatic N) is 2. The van der Waals surface area contributed by atoms with E-state index in [1.807, 2.05) is 38.1 Å². The molecule has 1 aromatic carbocycles. The van der Waals surface area contributed by atoms with Crippen LogP contribution in [0.2, 0.25) is 0 Å². The maximum Gasteiger partial charge on any atom is 0.256 e. The van der Waals surface area contributed by atoms with E-state index in [4.69, 9.17) is 4.74 Å². The van der Waals surface area contributed by atoms with Crippen LogP contribution in [-0.2, 0) is 4.79 Å². The van der Waals surface area contributed by atoms with Crippen LogP contribution in [0, 0.1) is 5.92 Å². The van der Waals surface area contributed by atoms with Gasteiger partial charge in [-0.1, -0.05) is 13.0 Å². The maximum atomic E-state index is 12.1. The first-order valence-electron chi connectivity index (χ1n) is 5.70. The molecule has 1 unspecified atom stereocenters. The Morgan fingerprint density at radius 1 is 1.47 bits per heavy atom. The molecule has 1 atom stereocenters. The van der Waals surface area contributed by atoms with Crippen LogP contribution in [-0.4, -0.2) is 18.7 Å². The molecule has 1 amide bonds. The molecule has 17 heavy (non-hydrogen) atoms. The zero-order valence-electron chi connectivity index (χ0n) is 10.3. The number of methoxy groups -OCH3 is 1. The van der Waals surface area contributed by atoms with Crippen molar-refractivity contribution in [2.24, 2.45) is 11.0 Å². The second-order valence-electron chi connectivity index (χ2n) is 4.05. The van der Waals surface area contributed by atoms with E-state index in [2.05, 4.69) is 5.10 Å². The van der Waals surface area contributed by atoms with Gasteiger partial charge in [-0.2, -0.15) is 5.10 Å². The predicted octanol–water partition coefficient (Wildman–Crippen LogP) is 2.44. The summed E-state index contributed by atoms with van der Waals surface area (Å²) in [6, 6.07) is 7.37. The minimum atomic E-state index is -0.0822. The van der Waals surface area contributed by atoms with Crippen LogP contribution in [0.25, 0.3) is 0 Å². The van der Waals surface area contributed by atoms with Crippen molar-refractivity contribution < 1.29 is 9.53 Å². The molecule has 0 aromatic heterocycles. The third kappa shape index (κ3) is 2.02. The monoisotopic (exact) mass is 232 g/mol. The molecule has 0 aliphatic carbocycles. The summed E-state index contributed by atoms with van der Waals surface area (Å²) in [7, 11) is 1.61. The third-order valence-corrected chi connectivity index (χ3v) is 2.98. The number of carbonyl (C=O) groups excluding carboxylic acids is 1. The van der Waals surface area contributed by atoms with Crippen LogP contribution in [0.1, 0.15) is 20.3 Å². The first kappa shape index (κ1) is 11.6. The number of hydrazone groups is 1. The highest BCUT2D eigenvalue weighted by atomic mass is 16.5. The first-order valence-corrected chi connectivity index (χ1v) is 5.70. The lowest BCUT2D eigenvalue weighted by molar-refractivity contribution is -0.119. The van der Waals surface area contributed by atoms with E-state index in [0.29, 0.717) is 0 Å². The highest BCUT2D eigenvalue weighted by Gasteiger charge is 2.32. The maximum absolute atomic E-state index is 12.1. The van der Waals surface area contributed by atoms with Crippen molar-refractivity contribution >= 4 is 17.3 Å². The number of amides is 1. The molecular weight excluding hydrogens is 216 g/mol. The lowest BCUT2D eigenvalue weighted by Gasteiger charge is -2.14. The summed E-state index contributed by atoms with van der Waals surface area (Å²) < 4.78 is 5.14. The second kappa shape index (κ2) is 4.57. The van der Waals surface area contributed by atoms with Gasteiger partial charge in [0.05, 0.1) is 18.7 Å². The van der Waals surface area contributed by atoms with E-state index >= 15 is 0 Å². The SMILES string of the molecule is CCC1C(=O)N(c2cccc(OC)c2)N=C1C. The van der Waals surface area contributed by atoms with Crippen molar-refractivity contribution in [3.63, 3.8) is 0 Å².